The quantitative estimate of drug-likeness (QED) is 0.143. The average Bonchev–Trinajstić information content (AvgIpc) is 3.30. The summed E-state index contributed by atoms with van der Waals surface area (Å²) in [6, 6.07) is 16.4. The van der Waals surface area contributed by atoms with Crippen molar-refractivity contribution in [1.82, 2.24) is 4.90 Å². The molecule has 4 atom stereocenters. The second-order valence-corrected chi connectivity index (χ2v) is 28.9. The van der Waals surface area contributed by atoms with Crippen LogP contribution < -0.4 is 15.5 Å². The number of rotatable bonds is 13. The van der Waals surface area contributed by atoms with E-state index >= 15 is 0 Å². The predicted octanol–water partition coefficient (Wildman–Crippen LogP) is 11.2. The molecule has 0 unspecified atom stereocenters. The molecule has 2 heterocycles. The van der Waals surface area contributed by atoms with E-state index in [1.807, 2.05) is 12.1 Å². The molecule has 2 saturated heterocycles. The van der Waals surface area contributed by atoms with Gasteiger partial charge in [-0.25, -0.2) is 16.8 Å². The average molecular weight is 1100 g/mol. The summed E-state index contributed by atoms with van der Waals surface area (Å²) in [7, 11) is -6.18. The molecule has 4 fully saturated rings. The maximum absolute atomic E-state index is 12.8. The molecule has 2 aliphatic carbocycles. The van der Waals surface area contributed by atoms with Crippen LogP contribution in [0.4, 0.5) is 17.1 Å². The third-order valence-corrected chi connectivity index (χ3v) is 19.9. The van der Waals surface area contributed by atoms with E-state index in [-0.39, 0.29) is 52.7 Å². The lowest BCUT2D eigenvalue weighted by molar-refractivity contribution is -0.143. The van der Waals surface area contributed by atoms with Gasteiger partial charge in [-0.15, -0.1) is 23.2 Å². The minimum Gasteiger partial charge on any atom is -0.481 e. The lowest BCUT2D eigenvalue weighted by Gasteiger charge is -2.37. The van der Waals surface area contributed by atoms with Crippen LogP contribution in [0.2, 0.25) is 0 Å². The number of carbonyl (C=O) groups is 2. The first-order valence-electron chi connectivity index (χ1n) is 26.8. The van der Waals surface area contributed by atoms with Gasteiger partial charge in [0, 0.05) is 55.6 Å². The second-order valence-electron chi connectivity index (χ2n) is 22.5. The Balaban J connectivity index is 0.000000366. The van der Waals surface area contributed by atoms with Crippen molar-refractivity contribution in [2.75, 3.05) is 78.2 Å². The van der Waals surface area contributed by atoms with Crippen molar-refractivity contribution >= 4 is 71.7 Å². The Kier molecular flexibility index (Phi) is 28.7. The van der Waals surface area contributed by atoms with Gasteiger partial charge in [0.25, 0.3) is 0 Å². The van der Waals surface area contributed by atoms with Crippen LogP contribution in [0.15, 0.2) is 48.5 Å². The zero-order valence-electron chi connectivity index (χ0n) is 46.9. The van der Waals surface area contributed by atoms with E-state index in [1.54, 1.807) is 41.5 Å². The first-order chi connectivity index (χ1) is 34.0. The number of ketones is 1. The maximum Gasteiger partial charge on any atom is 0.306 e. The number of morpholine rings is 2. The number of hydrogen-bond acceptors (Lipinski definition) is 12. The highest BCUT2D eigenvalue weighted by atomic mass is 35.5. The molecule has 2 aromatic carbocycles. The number of Topliss-reactive ketones (excluding diaryl/α,β-unsaturated/α-hetero) is 1. The van der Waals surface area contributed by atoms with Crippen LogP contribution in [0.5, 0.6) is 0 Å². The van der Waals surface area contributed by atoms with E-state index in [1.165, 1.54) is 31.0 Å². The Morgan fingerprint density at radius 2 is 0.918 bits per heavy atom. The fourth-order valence-corrected chi connectivity index (χ4v) is 12.6. The molecule has 2 saturated carbocycles. The number of benzene rings is 2. The number of anilines is 3. The van der Waals surface area contributed by atoms with Gasteiger partial charge in [-0.05, 0) is 194 Å². The Bertz CT molecular complexity index is 2090. The molecule has 3 N–H and O–H groups in total. The smallest absolute Gasteiger partial charge is 0.306 e. The van der Waals surface area contributed by atoms with E-state index < -0.39 is 35.1 Å². The number of sulfone groups is 2. The number of alkyl halides is 2. The Morgan fingerprint density at radius 1 is 0.603 bits per heavy atom. The van der Waals surface area contributed by atoms with E-state index in [4.69, 9.17) is 43.5 Å². The molecule has 0 spiro atoms. The Hall–Kier alpha value is -2.66. The van der Waals surface area contributed by atoms with Gasteiger partial charge >= 0.3 is 5.97 Å². The number of aliphatic carboxylic acids is 1. The fraction of sp³-hybridized carbons (Fsp3) is 0.750. The third kappa shape index (κ3) is 23.6. The van der Waals surface area contributed by atoms with Gasteiger partial charge in [-0.1, -0.05) is 32.9 Å². The summed E-state index contributed by atoms with van der Waals surface area (Å²) in [5, 5.41) is 9.06. The van der Waals surface area contributed by atoms with Crippen LogP contribution in [0.1, 0.15) is 147 Å². The molecule has 2 aliphatic heterocycles. The molecule has 0 aromatic heterocycles. The summed E-state index contributed by atoms with van der Waals surface area (Å²) < 4.78 is 59.1. The second kappa shape index (κ2) is 31.5. The number of carboxylic acid groups (broad SMARTS) is 1. The molecular formula is C56H96Cl2N4O9S2. The normalized spacial score (nSPS) is 24.8. The van der Waals surface area contributed by atoms with Gasteiger partial charge in [0.05, 0.1) is 56.7 Å². The first-order valence-corrected chi connectivity index (χ1v) is 31.2. The zero-order chi connectivity index (χ0) is 55.3. The van der Waals surface area contributed by atoms with E-state index in [2.05, 4.69) is 99.6 Å². The Labute approximate surface area is 452 Å². The molecule has 73 heavy (non-hydrogen) atoms. The van der Waals surface area contributed by atoms with Crippen molar-refractivity contribution in [2.45, 2.75) is 182 Å². The highest BCUT2D eigenvalue weighted by Crippen LogP contribution is 2.34. The number of ether oxygens (including phenoxy) is 2. The van der Waals surface area contributed by atoms with Gasteiger partial charge in [0.2, 0.25) is 0 Å². The third-order valence-electron chi connectivity index (χ3n) is 14.4. The van der Waals surface area contributed by atoms with Gasteiger partial charge < -0.3 is 35.0 Å². The topological polar surface area (TPSA) is 177 Å². The van der Waals surface area contributed by atoms with Gasteiger partial charge in [0.1, 0.15) is 5.78 Å². The summed E-state index contributed by atoms with van der Waals surface area (Å²) >= 11 is 9.53. The Morgan fingerprint density at radius 3 is 1.21 bits per heavy atom. The van der Waals surface area contributed by atoms with Gasteiger partial charge in [0.15, 0.2) is 19.7 Å². The van der Waals surface area contributed by atoms with Crippen molar-refractivity contribution < 1.29 is 41.0 Å². The van der Waals surface area contributed by atoms with Crippen LogP contribution in [-0.4, -0.2) is 135 Å². The fourth-order valence-electron chi connectivity index (χ4n) is 9.65. The van der Waals surface area contributed by atoms with Crippen LogP contribution in [-0.2, 0) is 45.2 Å². The van der Waals surface area contributed by atoms with E-state index in [0.29, 0.717) is 50.1 Å². The molecular weight excluding hydrogens is 1010 g/mol. The molecule has 4 aliphatic rings. The van der Waals surface area contributed by atoms with Crippen LogP contribution in [0, 0.1) is 23.7 Å². The summed E-state index contributed by atoms with van der Waals surface area (Å²) in [5.74, 6) is 0.0969. The number of halogens is 2. The molecule has 420 valence electrons. The largest absolute Gasteiger partial charge is 0.481 e. The molecule has 0 amide bonds. The number of carboxylic acids is 1. The SMILES string of the molecule is CC(C)(C)S(=O)(=O)CC1CCC(C(=O)O)CC1.CCN(CC)CC.C[C@@H]1CN(c2ccc(CC(=O)C3CCC(CS(=O)(=O)C(C)(C)C)CC3)cc2)C[C@H](C)O1.C[C@@H]1CN(c2ccc(N)cc2)C[C@H](C)O1.ClCCl. The number of nitrogen functional groups attached to an aromatic ring is 1. The standard InChI is InChI=1S/C25H39NO4S.C12H18N2O.C12H22O4S.C6H15N.CH2Cl2/c1-18-15-26(16-19(2)30-18)23-12-8-20(9-13-23)14-24(27)22-10-6-21(7-11-22)17-31(28,29)25(3,4)5;1-9-7-14(8-10(2)15-9)12-5-3-11(13)4-6-12;1-12(2,3)17(15,16)8-9-4-6-10(7-5-9)11(13)14;1-4-7(5-2)6-3;2-1-3/h8-9,12-13,18-19,21-22H,6-7,10-11,14-17H2,1-5H3;3-6,9-10H,7-8,13H2,1-2H3;9-10H,4-8H2,1-3H3,(H,13,14);4-6H2,1-3H3;1H2/t18-,19+,21?,22?;9-,10+;;;. The predicted molar refractivity (Wildman–Crippen MR) is 306 cm³/mol. The van der Waals surface area contributed by atoms with Gasteiger partial charge in [-0.2, -0.15) is 0 Å². The van der Waals surface area contributed by atoms with Crippen LogP contribution >= 0.6 is 23.2 Å². The maximum atomic E-state index is 12.8. The molecule has 17 heteroatoms. The van der Waals surface area contributed by atoms with E-state index in [9.17, 15) is 26.4 Å². The highest BCUT2D eigenvalue weighted by molar-refractivity contribution is 7.93. The summed E-state index contributed by atoms with van der Waals surface area (Å²) in [4.78, 5) is 30.7. The molecule has 2 aromatic rings. The lowest BCUT2D eigenvalue weighted by atomic mass is 9.79. The molecule has 0 bridgehead atoms. The van der Waals surface area contributed by atoms with Crippen LogP contribution in [0.3, 0.4) is 0 Å². The number of nitrogens with zero attached hydrogens (tertiary/aromatic N) is 3. The van der Waals surface area contributed by atoms with Crippen molar-refractivity contribution in [2.24, 2.45) is 23.7 Å². The number of hydrogen-bond donors (Lipinski definition) is 2. The van der Waals surface area contributed by atoms with E-state index in [0.717, 1.165) is 63.1 Å². The zero-order valence-corrected chi connectivity index (χ0v) is 50.0. The summed E-state index contributed by atoms with van der Waals surface area (Å²) in [5.41, 5.74) is 9.94. The lowest BCUT2D eigenvalue weighted by Crippen LogP contribution is -2.45. The minimum absolute atomic E-state index is 0.0641. The highest BCUT2D eigenvalue weighted by Gasteiger charge is 2.36. The van der Waals surface area contributed by atoms with Crippen LogP contribution in [0.25, 0.3) is 0 Å². The van der Waals surface area contributed by atoms with Crippen molar-refractivity contribution in [3.63, 3.8) is 0 Å². The number of carbonyl (C=O) groups excluding carboxylic acids is 1. The van der Waals surface area contributed by atoms with Crippen molar-refractivity contribution in [3.8, 4) is 0 Å². The molecule has 0 radical (unpaired) electrons. The van der Waals surface area contributed by atoms with Crippen molar-refractivity contribution in [1.29, 1.82) is 0 Å². The molecule has 13 nitrogen and oxygen atoms in total. The summed E-state index contributed by atoms with van der Waals surface area (Å²) in [6.45, 7) is 32.7. The molecule has 6 rings (SSSR count). The van der Waals surface area contributed by atoms with Gasteiger partial charge in [-0.3, -0.25) is 9.59 Å². The summed E-state index contributed by atoms with van der Waals surface area (Å²) in [6.07, 6.45) is 7.43. The number of nitrogens with two attached hydrogens (primary N) is 1. The monoisotopic (exact) mass is 1100 g/mol. The minimum atomic E-state index is -3.10. The van der Waals surface area contributed by atoms with Crippen molar-refractivity contribution in [3.05, 3.63) is 54.1 Å². The first kappa shape index (κ1) is 66.5.